The van der Waals surface area contributed by atoms with E-state index < -0.39 is 5.97 Å². The van der Waals surface area contributed by atoms with E-state index in [1.54, 1.807) is 11.6 Å². The summed E-state index contributed by atoms with van der Waals surface area (Å²) >= 11 is 0. The molecular weight excluding hydrogens is 360 g/mol. The van der Waals surface area contributed by atoms with Gasteiger partial charge in [0.1, 0.15) is 16.7 Å². The second-order valence-corrected chi connectivity index (χ2v) is 5.96. The summed E-state index contributed by atoms with van der Waals surface area (Å²) in [6.45, 7) is 2.04. The number of hydrogen-bond acceptors (Lipinski definition) is 7. The van der Waals surface area contributed by atoms with Gasteiger partial charge >= 0.3 is 5.97 Å². The van der Waals surface area contributed by atoms with Crippen LogP contribution in [0.2, 0.25) is 0 Å². The Labute approximate surface area is 160 Å². The summed E-state index contributed by atoms with van der Waals surface area (Å²) in [5, 5.41) is 8.78. The lowest BCUT2D eigenvalue weighted by atomic mass is 10.1. The fourth-order valence-corrected chi connectivity index (χ4v) is 2.91. The van der Waals surface area contributed by atoms with Crippen molar-refractivity contribution in [3.8, 4) is 23.1 Å². The van der Waals surface area contributed by atoms with Gasteiger partial charge in [-0.25, -0.2) is 14.5 Å². The molecule has 0 saturated heterocycles. The average molecular weight is 378 g/mol. The SMILES string of the molecule is CCOC(=O)c1cnn(-c2nc(OC)c3c(n2)c(-c2ccccc2)nn3C)c1. The molecule has 0 aliphatic carbocycles. The number of carbonyl (C=O) groups is 1. The molecule has 0 radical (unpaired) electrons. The van der Waals surface area contributed by atoms with E-state index in [1.165, 1.54) is 24.2 Å². The molecule has 3 aromatic heterocycles. The highest BCUT2D eigenvalue weighted by molar-refractivity contribution is 5.93. The molecule has 0 fully saturated rings. The number of benzene rings is 1. The molecule has 3 heterocycles. The van der Waals surface area contributed by atoms with Gasteiger partial charge in [-0.15, -0.1) is 0 Å². The zero-order valence-corrected chi connectivity index (χ0v) is 15.7. The molecule has 0 N–H and O–H groups in total. The summed E-state index contributed by atoms with van der Waals surface area (Å²) in [6.07, 6.45) is 2.94. The van der Waals surface area contributed by atoms with E-state index in [2.05, 4.69) is 20.2 Å². The molecule has 9 heteroatoms. The smallest absolute Gasteiger partial charge is 0.341 e. The minimum absolute atomic E-state index is 0.269. The van der Waals surface area contributed by atoms with Crippen LogP contribution in [0, 0.1) is 0 Å². The number of aromatic nitrogens is 6. The monoisotopic (exact) mass is 378 g/mol. The standard InChI is InChI=1S/C19H18N6O3/c1-4-28-18(26)13-10-20-25(11-13)19-21-15-14(12-8-6-5-7-9-12)23-24(2)16(15)17(22-19)27-3/h5-11H,4H2,1-3H3. The van der Waals surface area contributed by atoms with E-state index in [0.717, 1.165) is 5.56 Å². The Morgan fingerprint density at radius 1 is 1.18 bits per heavy atom. The zero-order valence-electron chi connectivity index (χ0n) is 15.7. The predicted molar refractivity (Wildman–Crippen MR) is 101 cm³/mol. The average Bonchev–Trinajstić information content (AvgIpc) is 3.34. The molecule has 1 aromatic carbocycles. The van der Waals surface area contributed by atoms with Gasteiger partial charge in [-0.05, 0) is 6.92 Å². The molecule has 0 saturated carbocycles. The fraction of sp³-hybridized carbons (Fsp3) is 0.211. The lowest BCUT2D eigenvalue weighted by Gasteiger charge is -2.06. The number of ether oxygens (including phenoxy) is 2. The van der Waals surface area contributed by atoms with Crippen molar-refractivity contribution in [3.05, 3.63) is 48.3 Å². The molecule has 0 bridgehead atoms. The second-order valence-electron chi connectivity index (χ2n) is 5.96. The number of rotatable bonds is 5. The first-order chi connectivity index (χ1) is 13.6. The minimum Gasteiger partial charge on any atom is -0.479 e. The summed E-state index contributed by atoms with van der Waals surface area (Å²) in [5.74, 6) is 0.184. The van der Waals surface area contributed by atoms with Gasteiger partial charge in [0, 0.05) is 18.8 Å². The molecule has 9 nitrogen and oxygen atoms in total. The van der Waals surface area contributed by atoms with Gasteiger partial charge in [0.05, 0.1) is 25.5 Å². The molecule has 0 spiro atoms. The Bertz CT molecular complexity index is 1150. The molecule has 142 valence electrons. The van der Waals surface area contributed by atoms with Gasteiger partial charge in [0.25, 0.3) is 5.95 Å². The van der Waals surface area contributed by atoms with Crippen molar-refractivity contribution in [3.63, 3.8) is 0 Å². The van der Waals surface area contributed by atoms with Crippen molar-refractivity contribution in [2.24, 2.45) is 7.05 Å². The molecule has 0 aliphatic rings. The summed E-state index contributed by atoms with van der Waals surface area (Å²) in [5.41, 5.74) is 3.25. The Morgan fingerprint density at radius 3 is 2.68 bits per heavy atom. The number of methoxy groups -OCH3 is 1. The van der Waals surface area contributed by atoms with Crippen LogP contribution in [0.5, 0.6) is 5.88 Å². The number of esters is 1. The molecule has 28 heavy (non-hydrogen) atoms. The van der Waals surface area contributed by atoms with Gasteiger partial charge in [0.2, 0.25) is 5.88 Å². The van der Waals surface area contributed by atoms with Gasteiger partial charge in [-0.2, -0.15) is 15.2 Å². The van der Waals surface area contributed by atoms with Crippen LogP contribution < -0.4 is 4.74 Å². The lowest BCUT2D eigenvalue weighted by Crippen LogP contribution is -2.06. The highest BCUT2D eigenvalue weighted by atomic mass is 16.5. The van der Waals surface area contributed by atoms with E-state index in [-0.39, 0.29) is 12.6 Å². The van der Waals surface area contributed by atoms with Crippen molar-refractivity contribution < 1.29 is 14.3 Å². The predicted octanol–water partition coefficient (Wildman–Crippen LogP) is 2.40. The van der Waals surface area contributed by atoms with Crippen molar-refractivity contribution in [1.29, 1.82) is 0 Å². The molecular formula is C19H18N6O3. The van der Waals surface area contributed by atoms with Crippen LogP contribution in [-0.2, 0) is 11.8 Å². The van der Waals surface area contributed by atoms with Crippen LogP contribution >= 0.6 is 0 Å². The van der Waals surface area contributed by atoms with Crippen molar-refractivity contribution in [2.45, 2.75) is 6.92 Å². The number of aryl methyl sites for hydroxylation is 1. The Morgan fingerprint density at radius 2 is 1.96 bits per heavy atom. The molecule has 0 unspecified atom stereocenters. The largest absolute Gasteiger partial charge is 0.479 e. The number of nitrogens with zero attached hydrogens (tertiary/aromatic N) is 6. The first kappa shape index (κ1) is 17.7. The Kier molecular flexibility index (Phi) is 4.48. The van der Waals surface area contributed by atoms with Crippen LogP contribution in [0.1, 0.15) is 17.3 Å². The minimum atomic E-state index is -0.451. The van der Waals surface area contributed by atoms with Crippen LogP contribution in [0.3, 0.4) is 0 Å². The van der Waals surface area contributed by atoms with Crippen molar-refractivity contribution >= 4 is 17.0 Å². The quantitative estimate of drug-likeness (QED) is 0.492. The molecule has 0 aliphatic heterocycles. The lowest BCUT2D eigenvalue weighted by molar-refractivity contribution is 0.0526. The van der Waals surface area contributed by atoms with Crippen LogP contribution in [-0.4, -0.2) is 49.2 Å². The number of carbonyl (C=O) groups excluding carboxylic acids is 1. The highest BCUT2D eigenvalue weighted by Gasteiger charge is 2.20. The summed E-state index contributed by atoms with van der Waals surface area (Å²) in [6, 6.07) is 9.74. The third kappa shape index (κ3) is 2.96. The van der Waals surface area contributed by atoms with Crippen molar-refractivity contribution in [1.82, 2.24) is 29.5 Å². The summed E-state index contributed by atoms with van der Waals surface area (Å²) in [7, 11) is 3.35. The maximum atomic E-state index is 11.9. The Balaban J connectivity index is 1.88. The first-order valence-corrected chi connectivity index (χ1v) is 8.68. The molecule has 0 amide bonds. The van der Waals surface area contributed by atoms with Crippen LogP contribution in [0.25, 0.3) is 28.2 Å². The van der Waals surface area contributed by atoms with E-state index in [0.29, 0.717) is 28.2 Å². The summed E-state index contributed by atoms with van der Waals surface area (Å²) < 4.78 is 13.6. The highest BCUT2D eigenvalue weighted by Crippen LogP contribution is 2.31. The van der Waals surface area contributed by atoms with Crippen LogP contribution in [0.4, 0.5) is 0 Å². The normalized spacial score (nSPS) is 11.0. The maximum Gasteiger partial charge on any atom is 0.341 e. The third-order valence-corrected chi connectivity index (χ3v) is 4.18. The maximum absolute atomic E-state index is 11.9. The van der Waals surface area contributed by atoms with E-state index in [9.17, 15) is 4.79 Å². The number of fused-ring (bicyclic) bond motifs is 1. The second kappa shape index (κ2) is 7.10. The van der Waals surface area contributed by atoms with E-state index in [4.69, 9.17) is 9.47 Å². The van der Waals surface area contributed by atoms with Gasteiger partial charge in [0.15, 0.2) is 0 Å². The van der Waals surface area contributed by atoms with Crippen LogP contribution in [0.15, 0.2) is 42.7 Å². The van der Waals surface area contributed by atoms with Gasteiger partial charge < -0.3 is 9.47 Å². The topological polar surface area (TPSA) is 96.9 Å². The number of hydrogen-bond donors (Lipinski definition) is 0. The Hall–Kier alpha value is -3.75. The fourth-order valence-electron chi connectivity index (χ4n) is 2.91. The third-order valence-electron chi connectivity index (χ3n) is 4.18. The van der Waals surface area contributed by atoms with Gasteiger partial charge in [-0.3, -0.25) is 4.68 Å². The first-order valence-electron chi connectivity index (χ1n) is 8.68. The molecule has 0 atom stereocenters. The van der Waals surface area contributed by atoms with Crippen molar-refractivity contribution in [2.75, 3.05) is 13.7 Å². The van der Waals surface area contributed by atoms with E-state index in [1.807, 2.05) is 37.4 Å². The molecule has 4 aromatic rings. The van der Waals surface area contributed by atoms with E-state index >= 15 is 0 Å². The van der Waals surface area contributed by atoms with Gasteiger partial charge in [-0.1, -0.05) is 30.3 Å². The zero-order chi connectivity index (χ0) is 19.7. The summed E-state index contributed by atoms with van der Waals surface area (Å²) in [4.78, 5) is 21.0. The molecule has 4 rings (SSSR count).